The van der Waals surface area contributed by atoms with Gasteiger partial charge in [0.2, 0.25) is 0 Å². The van der Waals surface area contributed by atoms with Crippen LogP contribution in [-0.4, -0.2) is 18.5 Å². The lowest BCUT2D eigenvalue weighted by Gasteiger charge is -2.31. The van der Waals surface area contributed by atoms with Crippen LogP contribution in [0.25, 0.3) is 0 Å². The number of benzene rings is 1. The first-order valence-corrected chi connectivity index (χ1v) is 6.89. The number of hydrogen-bond donors (Lipinski definition) is 0. The molecule has 3 heteroatoms. The number of methoxy groups -OCH3 is 1. The Morgan fingerprint density at radius 1 is 1.41 bits per heavy atom. The minimum absolute atomic E-state index is 0.252. The van der Waals surface area contributed by atoms with E-state index in [-0.39, 0.29) is 6.10 Å². The monoisotopic (exact) mass is 246 g/mol. The molecule has 1 fully saturated rings. The van der Waals surface area contributed by atoms with E-state index in [0.29, 0.717) is 10.7 Å². The van der Waals surface area contributed by atoms with Gasteiger partial charge in [0, 0.05) is 11.5 Å². The molecule has 0 N–H and O–H groups in total. The van der Waals surface area contributed by atoms with Crippen LogP contribution >= 0.6 is 11.8 Å². The van der Waals surface area contributed by atoms with E-state index < -0.39 is 0 Å². The van der Waals surface area contributed by atoms with Crippen molar-refractivity contribution in [1.82, 2.24) is 0 Å². The average Bonchev–Trinajstić information content (AvgIpc) is 3.07. The highest BCUT2D eigenvalue weighted by atomic mass is 32.2. The first kappa shape index (κ1) is 9.89. The maximum absolute atomic E-state index is 6.09. The fourth-order valence-corrected chi connectivity index (χ4v) is 4.25. The molecule has 1 spiro atoms. The molecule has 88 valence electrons. The molecule has 0 bridgehead atoms. The van der Waals surface area contributed by atoms with Crippen molar-refractivity contribution in [3.8, 4) is 11.5 Å². The Bertz CT molecular complexity index is 505. The summed E-state index contributed by atoms with van der Waals surface area (Å²) in [5, 5.41) is 0.586. The average molecular weight is 246 g/mol. The van der Waals surface area contributed by atoms with Crippen molar-refractivity contribution in [3.05, 3.63) is 30.4 Å². The molecule has 3 aliphatic rings. The van der Waals surface area contributed by atoms with Gasteiger partial charge in [-0.1, -0.05) is 6.08 Å². The van der Waals surface area contributed by atoms with Gasteiger partial charge < -0.3 is 9.47 Å². The molecule has 2 aliphatic carbocycles. The van der Waals surface area contributed by atoms with E-state index in [4.69, 9.17) is 9.47 Å². The van der Waals surface area contributed by atoms with Gasteiger partial charge in [0.1, 0.15) is 17.6 Å². The van der Waals surface area contributed by atoms with Crippen LogP contribution in [0.5, 0.6) is 11.5 Å². The van der Waals surface area contributed by atoms with Gasteiger partial charge in [-0.05, 0) is 31.1 Å². The first-order valence-electron chi connectivity index (χ1n) is 6.01. The summed E-state index contributed by atoms with van der Waals surface area (Å²) in [7, 11) is 1.69. The summed E-state index contributed by atoms with van der Waals surface area (Å²) in [6.07, 6.45) is 7.52. The second-order valence-corrected chi connectivity index (χ2v) is 6.21. The minimum atomic E-state index is 0.252. The van der Waals surface area contributed by atoms with Crippen molar-refractivity contribution < 1.29 is 9.47 Å². The number of hydrogen-bond acceptors (Lipinski definition) is 3. The van der Waals surface area contributed by atoms with E-state index in [1.54, 1.807) is 7.11 Å². The summed E-state index contributed by atoms with van der Waals surface area (Å²) >= 11 is 1.97. The van der Waals surface area contributed by atoms with Crippen molar-refractivity contribution in [2.45, 2.75) is 29.1 Å². The van der Waals surface area contributed by atoms with Crippen LogP contribution in [0.2, 0.25) is 0 Å². The summed E-state index contributed by atoms with van der Waals surface area (Å²) < 4.78 is 11.3. The molecule has 0 radical (unpaired) electrons. The molecule has 0 aromatic heterocycles. The van der Waals surface area contributed by atoms with E-state index in [0.717, 1.165) is 11.5 Å². The Morgan fingerprint density at radius 2 is 2.29 bits per heavy atom. The Labute approximate surface area is 105 Å². The van der Waals surface area contributed by atoms with Gasteiger partial charge in [0.25, 0.3) is 0 Å². The second-order valence-electron chi connectivity index (χ2n) is 5.03. The molecule has 17 heavy (non-hydrogen) atoms. The largest absolute Gasteiger partial charge is 0.497 e. The van der Waals surface area contributed by atoms with Gasteiger partial charge in [-0.15, -0.1) is 11.8 Å². The van der Waals surface area contributed by atoms with Gasteiger partial charge in [-0.2, -0.15) is 0 Å². The highest BCUT2D eigenvalue weighted by Gasteiger charge is 2.55. The third-order valence-corrected chi connectivity index (χ3v) is 5.56. The van der Waals surface area contributed by atoms with E-state index in [2.05, 4.69) is 18.2 Å². The Kier molecular flexibility index (Phi) is 1.88. The van der Waals surface area contributed by atoms with E-state index >= 15 is 0 Å². The van der Waals surface area contributed by atoms with Gasteiger partial charge in [0.15, 0.2) is 0 Å². The van der Waals surface area contributed by atoms with Crippen LogP contribution in [0.1, 0.15) is 12.8 Å². The van der Waals surface area contributed by atoms with E-state index in [1.807, 2.05) is 23.9 Å². The summed E-state index contributed by atoms with van der Waals surface area (Å²) in [5.74, 6) is 1.84. The van der Waals surface area contributed by atoms with Crippen LogP contribution in [0.3, 0.4) is 0 Å². The number of allylic oxidation sites excluding steroid dienone is 1. The van der Waals surface area contributed by atoms with Crippen LogP contribution in [0.4, 0.5) is 0 Å². The van der Waals surface area contributed by atoms with Crippen LogP contribution in [0.15, 0.2) is 35.2 Å². The standard InChI is InChI=1S/C14H14O2S/c1-15-9-2-3-12-11(8-9)16-10-4-5-14(6-7-14)13(10)17-12/h2-5,8,10,13H,6-7H2,1H3. The molecular weight excluding hydrogens is 232 g/mol. The zero-order valence-corrected chi connectivity index (χ0v) is 10.5. The topological polar surface area (TPSA) is 18.5 Å². The van der Waals surface area contributed by atoms with Gasteiger partial charge in [-0.25, -0.2) is 0 Å². The zero-order valence-electron chi connectivity index (χ0n) is 9.68. The highest BCUT2D eigenvalue weighted by Crippen LogP contribution is 2.62. The molecule has 2 unspecified atom stereocenters. The van der Waals surface area contributed by atoms with Gasteiger partial charge >= 0.3 is 0 Å². The van der Waals surface area contributed by atoms with Crippen molar-refractivity contribution in [1.29, 1.82) is 0 Å². The first-order chi connectivity index (χ1) is 8.31. The normalized spacial score (nSPS) is 30.6. The molecule has 1 aromatic carbocycles. The number of thioether (sulfide) groups is 1. The summed E-state index contributed by atoms with van der Waals surface area (Å²) in [6.45, 7) is 0. The molecule has 1 aromatic rings. The predicted octanol–water partition coefficient (Wildman–Crippen LogP) is 3.27. The fraction of sp³-hybridized carbons (Fsp3) is 0.429. The van der Waals surface area contributed by atoms with Gasteiger partial charge in [-0.3, -0.25) is 0 Å². The third-order valence-electron chi connectivity index (χ3n) is 3.98. The Morgan fingerprint density at radius 3 is 3.06 bits per heavy atom. The quantitative estimate of drug-likeness (QED) is 0.709. The van der Waals surface area contributed by atoms with E-state index in [1.165, 1.54) is 17.7 Å². The zero-order chi connectivity index (χ0) is 11.5. The van der Waals surface area contributed by atoms with Gasteiger partial charge in [0.05, 0.1) is 17.3 Å². The maximum atomic E-state index is 6.09. The molecule has 1 aliphatic heterocycles. The lowest BCUT2D eigenvalue weighted by atomic mass is 10.1. The molecule has 0 saturated heterocycles. The minimum Gasteiger partial charge on any atom is -0.497 e. The van der Waals surface area contributed by atoms with Crippen LogP contribution in [0, 0.1) is 5.41 Å². The van der Waals surface area contributed by atoms with Crippen LogP contribution in [-0.2, 0) is 0 Å². The smallest absolute Gasteiger partial charge is 0.137 e. The summed E-state index contributed by atoms with van der Waals surface area (Å²) in [4.78, 5) is 1.25. The van der Waals surface area contributed by atoms with Crippen LogP contribution < -0.4 is 9.47 Å². The highest BCUT2D eigenvalue weighted by molar-refractivity contribution is 8.00. The molecule has 1 saturated carbocycles. The lowest BCUT2D eigenvalue weighted by molar-refractivity contribution is 0.225. The molecule has 4 rings (SSSR count). The Balaban J connectivity index is 1.71. The molecule has 2 atom stereocenters. The number of ether oxygens (including phenoxy) is 2. The van der Waals surface area contributed by atoms with E-state index in [9.17, 15) is 0 Å². The summed E-state index contributed by atoms with van der Waals surface area (Å²) in [5.41, 5.74) is 0.451. The molecule has 2 nitrogen and oxygen atoms in total. The number of rotatable bonds is 1. The van der Waals surface area contributed by atoms with Crippen molar-refractivity contribution in [2.24, 2.45) is 5.41 Å². The molecule has 1 heterocycles. The summed E-state index contributed by atoms with van der Waals surface area (Å²) in [6, 6.07) is 6.12. The third kappa shape index (κ3) is 1.35. The molecule has 0 amide bonds. The predicted molar refractivity (Wildman–Crippen MR) is 67.9 cm³/mol. The Hall–Kier alpha value is -1.09. The van der Waals surface area contributed by atoms with Crippen molar-refractivity contribution in [2.75, 3.05) is 7.11 Å². The lowest BCUT2D eigenvalue weighted by Crippen LogP contribution is -2.32. The molecular formula is C14H14O2S. The fourth-order valence-electron chi connectivity index (χ4n) is 2.78. The maximum Gasteiger partial charge on any atom is 0.137 e. The second kappa shape index (κ2) is 3.22. The van der Waals surface area contributed by atoms with Crippen molar-refractivity contribution >= 4 is 11.8 Å². The number of fused-ring (bicyclic) bond motifs is 3. The van der Waals surface area contributed by atoms with Crippen molar-refractivity contribution in [3.63, 3.8) is 0 Å². The SMILES string of the molecule is COc1ccc2c(c1)OC1C=CC3(CC3)C1S2.